The molecule has 90 valence electrons. The van der Waals surface area contributed by atoms with Gasteiger partial charge in [-0.2, -0.15) is 0 Å². The molecule has 0 saturated carbocycles. The molecule has 0 aliphatic rings. The van der Waals surface area contributed by atoms with Gasteiger partial charge in [-0.3, -0.25) is 4.79 Å². The standard InChI is InChI=1S/C10H22O4Si/c1-15(2,3)8-7-14-9-13-6-4-5-10(11)12/h4-9H2,1-3H3,(H,11,12). The second-order valence-corrected chi connectivity index (χ2v) is 10.4. The highest BCUT2D eigenvalue weighted by molar-refractivity contribution is 6.76. The number of ether oxygens (including phenoxy) is 2. The van der Waals surface area contributed by atoms with Crippen LogP contribution in [0.4, 0.5) is 0 Å². The van der Waals surface area contributed by atoms with Gasteiger partial charge in [0.1, 0.15) is 6.79 Å². The third kappa shape index (κ3) is 13.6. The molecule has 0 atom stereocenters. The molecule has 0 aromatic rings. The summed E-state index contributed by atoms with van der Waals surface area (Å²) in [6, 6.07) is 1.13. The average Bonchev–Trinajstić information content (AvgIpc) is 2.07. The number of hydrogen-bond acceptors (Lipinski definition) is 3. The fraction of sp³-hybridized carbons (Fsp3) is 0.900. The van der Waals surface area contributed by atoms with Crippen LogP contribution in [0.2, 0.25) is 25.7 Å². The predicted molar refractivity (Wildman–Crippen MR) is 61.8 cm³/mol. The largest absolute Gasteiger partial charge is 0.481 e. The summed E-state index contributed by atoms with van der Waals surface area (Å²) in [6.45, 7) is 8.37. The van der Waals surface area contributed by atoms with E-state index in [0.29, 0.717) is 13.0 Å². The Morgan fingerprint density at radius 3 is 2.33 bits per heavy atom. The minimum absolute atomic E-state index is 0.162. The van der Waals surface area contributed by atoms with Gasteiger partial charge in [0.15, 0.2) is 0 Å². The molecule has 0 radical (unpaired) electrons. The summed E-state index contributed by atoms with van der Waals surface area (Å²) in [4.78, 5) is 10.2. The first-order valence-corrected chi connectivity index (χ1v) is 9.00. The Bertz CT molecular complexity index is 177. The highest BCUT2D eigenvalue weighted by Gasteiger charge is 2.11. The van der Waals surface area contributed by atoms with E-state index in [-0.39, 0.29) is 13.2 Å². The fourth-order valence-electron chi connectivity index (χ4n) is 0.881. The van der Waals surface area contributed by atoms with Crippen LogP contribution in [0.25, 0.3) is 0 Å². The fourth-order valence-corrected chi connectivity index (χ4v) is 1.64. The quantitative estimate of drug-likeness (QED) is 0.377. The Morgan fingerprint density at radius 2 is 1.80 bits per heavy atom. The lowest BCUT2D eigenvalue weighted by atomic mass is 10.3. The maximum absolute atomic E-state index is 10.2. The topological polar surface area (TPSA) is 55.8 Å². The molecule has 1 N–H and O–H groups in total. The van der Waals surface area contributed by atoms with E-state index in [9.17, 15) is 4.79 Å². The Kier molecular flexibility index (Phi) is 7.64. The van der Waals surface area contributed by atoms with Crippen molar-refractivity contribution in [3.63, 3.8) is 0 Å². The SMILES string of the molecule is C[Si](C)(C)CCOCOCCCC(=O)O. The van der Waals surface area contributed by atoms with Crippen molar-refractivity contribution in [2.45, 2.75) is 38.5 Å². The zero-order chi connectivity index (χ0) is 11.7. The Hall–Kier alpha value is -0.393. The molecule has 5 heteroatoms. The van der Waals surface area contributed by atoms with Crippen LogP contribution in [0.3, 0.4) is 0 Å². The Labute approximate surface area is 92.6 Å². The van der Waals surface area contributed by atoms with E-state index in [2.05, 4.69) is 19.6 Å². The van der Waals surface area contributed by atoms with Gasteiger partial charge in [0.2, 0.25) is 0 Å². The van der Waals surface area contributed by atoms with E-state index in [4.69, 9.17) is 14.6 Å². The van der Waals surface area contributed by atoms with Gasteiger partial charge in [0, 0.05) is 27.7 Å². The maximum atomic E-state index is 10.2. The van der Waals surface area contributed by atoms with E-state index in [1.54, 1.807) is 0 Å². The van der Waals surface area contributed by atoms with Crippen molar-refractivity contribution >= 4 is 14.0 Å². The number of hydrogen-bond donors (Lipinski definition) is 1. The van der Waals surface area contributed by atoms with Crippen molar-refractivity contribution in [2.75, 3.05) is 20.0 Å². The van der Waals surface area contributed by atoms with Crippen molar-refractivity contribution < 1.29 is 19.4 Å². The van der Waals surface area contributed by atoms with Crippen LogP contribution in [0.15, 0.2) is 0 Å². The zero-order valence-corrected chi connectivity index (χ0v) is 10.9. The molecule has 0 heterocycles. The molecule has 0 aliphatic heterocycles. The van der Waals surface area contributed by atoms with E-state index in [0.717, 1.165) is 12.7 Å². The van der Waals surface area contributed by atoms with Crippen LogP contribution in [-0.4, -0.2) is 39.2 Å². The van der Waals surface area contributed by atoms with E-state index < -0.39 is 14.0 Å². The van der Waals surface area contributed by atoms with Gasteiger partial charge in [-0.15, -0.1) is 0 Å². The lowest BCUT2D eigenvalue weighted by Crippen LogP contribution is -2.22. The van der Waals surface area contributed by atoms with Crippen LogP contribution in [0, 0.1) is 0 Å². The Morgan fingerprint density at radius 1 is 1.20 bits per heavy atom. The predicted octanol–water partition coefficient (Wildman–Crippen LogP) is 2.18. The lowest BCUT2D eigenvalue weighted by Gasteiger charge is -2.15. The van der Waals surface area contributed by atoms with Crippen molar-refractivity contribution in [3.05, 3.63) is 0 Å². The lowest BCUT2D eigenvalue weighted by molar-refractivity contribution is -0.137. The van der Waals surface area contributed by atoms with E-state index >= 15 is 0 Å². The van der Waals surface area contributed by atoms with Crippen LogP contribution < -0.4 is 0 Å². The molecule has 4 nitrogen and oxygen atoms in total. The number of aliphatic carboxylic acids is 1. The summed E-state index contributed by atoms with van der Waals surface area (Å²) in [5.41, 5.74) is 0. The van der Waals surface area contributed by atoms with Crippen LogP contribution in [-0.2, 0) is 14.3 Å². The summed E-state index contributed by atoms with van der Waals surface area (Å²) in [5.74, 6) is -0.779. The maximum Gasteiger partial charge on any atom is 0.303 e. The molecule has 0 spiro atoms. The summed E-state index contributed by atoms with van der Waals surface area (Å²) >= 11 is 0. The number of rotatable bonds is 9. The Balaban J connectivity index is 3.09. The monoisotopic (exact) mass is 234 g/mol. The van der Waals surface area contributed by atoms with Gasteiger partial charge in [0.05, 0.1) is 0 Å². The van der Waals surface area contributed by atoms with Gasteiger partial charge in [-0.1, -0.05) is 19.6 Å². The summed E-state index contributed by atoms with van der Waals surface area (Å²) < 4.78 is 10.4. The summed E-state index contributed by atoms with van der Waals surface area (Å²) in [6.07, 6.45) is 0.710. The van der Waals surface area contributed by atoms with Gasteiger partial charge in [0.25, 0.3) is 0 Å². The molecule has 0 aromatic carbocycles. The number of carboxylic acid groups (broad SMARTS) is 1. The molecule has 0 unspecified atom stereocenters. The molecule has 0 amide bonds. The highest BCUT2D eigenvalue weighted by Crippen LogP contribution is 2.07. The van der Waals surface area contributed by atoms with Gasteiger partial charge >= 0.3 is 5.97 Å². The van der Waals surface area contributed by atoms with Gasteiger partial charge < -0.3 is 14.6 Å². The van der Waals surface area contributed by atoms with Gasteiger partial charge in [-0.05, 0) is 12.5 Å². The first kappa shape index (κ1) is 14.6. The second-order valence-electron chi connectivity index (χ2n) is 4.74. The molecule has 0 aromatic heterocycles. The van der Waals surface area contributed by atoms with Crippen molar-refractivity contribution in [1.29, 1.82) is 0 Å². The normalized spacial score (nSPS) is 11.7. The van der Waals surface area contributed by atoms with E-state index in [1.807, 2.05) is 0 Å². The molecule has 0 aliphatic carbocycles. The minimum atomic E-state index is -1.01. The average molecular weight is 234 g/mol. The van der Waals surface area contributed by atoms with Crippen LogP contribution >= 0.6 is 0 Å². The zero-order valence-electron chi connectivity index (χ0n) is 9.91. The van der Waals surface area contributed by atoms with Crippen molar-refractivity contribution in [2.24, 2.45) is 0 Å². The van der Waals surface area contributed by atoms with Crippen LogP contribution in [0.1, 0.15) is 12.8 Å². The molecule has 0 fully saturated rings. The molecule has 0 rings (SSSR count). The molecule has 0 bridgehead atoms. The summed E-state index contributed by atoms with van der Waals surface area (Å²) in [5, 5.41) is 8.36. The molecular formula is C10H22O4Si. The molecule has 0 saturated heterocycles. The first-order chi connectivity index (χ1) is 6.92. The molecule has 15 heavy (non-hydrogen) atoms. The number of carbonyl (C=O) groups is 1. The minimum Gasteiger partial charge on any atom is -0.481 e. The van der Waals surface area contributed by atoms with Gasteiger partial charge in [-0.25, -0.2) is 0 Å². The highest BCUT2D eigenvalue weighted by atomic mass is 28.3. The summed E-state index contributed by atoms with van der Waals surface area (Å²) in [7, 11) is -1.01. The van der Waals surface area contributed by atoms with Crippen LogP contribution in [0.5, 0.6) is 0 Å². The molecular weight excluding hydrogens is 212 g/mol. The van der Waals surface area contributed by atoms with Crippen molar-refractivity contribution in [1.82, 2.24) is 0 Å². The third-order valence-electron chi connectivity index (χ3n) is 1.84. The second kappa shape index (κ2) is 7.84. The first-order valence-electron chi connectivity index (χ1n) is 5.29. The van der Waals surface area contributed by atoms with Crippen molar-refractivity contribution in [3.8, 4) is 0 Å². The van der Waals surface area contributed by atoms with E-state index in [1.165, 1.54) is 0 Å². The third-order valence-corrected chi connectivity index (χ3v) is 3.55. The number of carboxylic acids is 1. The smallest absolute Gasteiger partial charge is 0.303 e.